The van der Waals surface area contributed by atoms with Gasteiger partial charge in [-0.1, -0.05) is 34.2 Å². The number of rotatable bonds is 3. The molecule has 0 amide bonds. The van der Waals surface area contributed by atoms with Crippen molar-refractivity contribution in [3.63, 3.8) is 0 Å². The molecule has 1 aliphatic rings. The van der Waals surface area contributed by atoms with Gasteiger partial charge in [0.15, 0.2) is 5.41 Å². The molecule has 0 aromatic heterocycles. The van der Waals surface area contributed by atoms with Crippen LogP contribution in [0.15, 0.2) is 22.3 Å². The van der Waals surface area contributed by atoms with Gasteiger partial charge >= 0.3 is 11.9 Å². The van der Waals surface area contributed by atoms with Crippen molar-refractivity contribution in [2.24, 2.45) is 11.3 Å². The number of carbonyl (C=O) groups is 2. The molecule has 0 bridgehead atoms. The van der Waals surface area contributed by atoms with Crippen LogP contribution in [0.1, 0.15) is 12.8 Å². The van der Waals surface area contributed by atoms with Gasteiger partial charge in [0.05, 0.1) is 14.2 Å². The van der Waals surface area contributed by atoms with Crippen LogP contribution < -0.4 is 0 Å². The Morgan fingerprint density at radius 3 is 2.24 bits per heavy atom. The lowest BCUT2D eigenvalue weighted by Crippen LogP contribution is -2.39. The summed E-state index contributed by atoms with van der Waals surface area (Å²) in [6.45, 7) is 3.73. The maximum Gasteiger partial charge on any atom is 0.323 e. The first-order chi connectivity index (χ1) is 8.05. The number of methoxy groups -OCH3 is 2. The highest BCUT2D eigenvalue weighted by atomic mass is 127. The van der Waals surface area contributed by atoms with E-state index >= 15 is 0 Å². The van der Waals surface area contributed by atoms with E-state index in [2.05, 4.69) is 29.2 Å². The molecular weight excluding hydrogens is 335 g/mol. The minimum atomic E-state index is -1.21. The lowest BCUT2D eigenvalue weighted by Gasteiger charge is -2.22. The topological polar surface area (TPSA) is 52.6 Å². The van der Waals surface area contributed by atoms with Gasteiger partial charge in [0.2, 0.25) is 0 Å². The van der Waals surface area contributed by atoms with Gasteiger partial charge in [0, 0.05) is 0 Å². The number of esters is 2. The summed E-state index contributed by atoms with van der Waals surface area (Å²) in [5.74, 6) is -1.06. The van der Waals surface area contributed by atoms with E-state index in [9.17, 15) is 9.59 Å². The highest BCUT2D eigenvalue weighted by Gasteiger charge is 2.54. The van der Waals surface area contributed by atoms with Gasteiger partial charge in [0.1, 0.15) is 0 Å². The summed E-state index contributed by atoms with van der Waals surface area (Å²) < 4.78 is 11.4. The summed E-state index contributed by atoms with van der Waals surface area (Å²) in [5.41, 5.74) is -0.198. The van der Waals surface area contributed by atoms with E-state index in [0.717, 1.165) is 5.57 Å². The second kappa shape index (κ2) is 5.66. The minimum absolute atomic E-state index is 0.0186. The van der Waals surface area contributed by atoms with Gasteiger partial charge < -0.3 is 9.47 Å². The van der Waals surface area contributed by atoms with E-state index in [-0.39, 0.29) is 5.92 Å². The molecule has 0 aliphatic heterocycles. The number of halogens is 1. The van der Waals surface area contributed by atoms with Crippen LogP contribution in [-0.2, 0) is 19.1 Å². The zero-order chi connectivity index (χ0) is 13.1. The normalized spacial score (nSPS) is 24.4. The van der Waals surface area contributed by atoms with Gasteiger partial charge in [-0.2, -0.15) is 0 Å². The van der Waals surface area contributed by atoms with Crippen molar-refractivity contribution in [2.45, 2.75) is 12.8 Å². The van der Waals surface area contributed by atoms with Gasteiger partial charge in [-0.25, -0.2) is 0 Å². The second-order valence-electron chi connectivity index (χ2n) is 3.97. The molecule has 0 saturated heterocycles. The Balaban J connectivity index is 3.16. The SMILES string of the molecule is C=CC1CC(C(=O)OC)(C(=O)OC)C/C1=C/I. The Bertz CT molecular complexity index is 357. The molecule has 5 heteroatoms. The molecule has 1 aliphatic carbocycles. The molecule has 0 aromatic carbocycles. The van der Waals surface area contributed by atoms with Crippen LogP contribution in [0.2, 0.25) is 0 Å². The Morgan fingerprint density at radius 1 is 1.41 bits per heavy atom. The molecule has 1 atom stereocenters. The van der Waals surface area contributed by atoms with E-state index in [1.165, 1.54) is 14.2 Å². The van der Waals surface area contributed by atoms with Crippen molar-refractivity contribution in [3.8, 4) is 0 Å². The zero-order valence-corrected chi connectivity index (χ0v) is 12.0. The van der Waals surface area contributed by atoms with Crippen LogP contribution in [0.25, 0.3) is 0 Å². The first-order valence-corrected chi connectivity index (χ1v) is 6.38. The first-order valence-electron chi connectivity index (χ1n) is 5.14. The van der Waals surface area contributed by atoms with Gasteiger partial charge in [-0.3, -0.25) is 9.59 Å². The molecule has 0 heterocycles. The molecule has 0 N–H and O–H groups in total. The van der Waals surface area contributed by atoms with E-state index in [1.54, 1.807) is 6.08 Å². The van der Waals surface area contributed by atoms with Gasteiger partial charge in [0.25, 0.3) is 0 Å². The maximum absolute atomic E-state index is 11.9. The predicted molar refractivity (Wildman–Crippen MR) is 71.5 cm³/mol. The molecule has 1 rings (SSSR count). The molecule has 0 aromatic rings. The van der Waals surface area contributed by atoms with Crippen molar-refractivity contribution in [3.05, 3.63) is 22.3 Å². The standard InChI is InChI=1S/C12H15IO4/c1-4-8-5-12(10(14)16-2,11(15)17-3)6-9(8)7-13/h4,7-8H,1,5-6H2,2-3H3/b9-7-. The van der Waals surface area contributed by atoms with Crippen LogP contribution >= 0.6 is 22.6 Å². The van der Waals surface area contributed by atoms with Crippen molar-refractivity contribution in [1.29, 1.82) is 0 Å². The fourth-order valence-electron chi connectivity index (χ4n) is 2.20. The number of hydrogen-bond acceptors (Lipinski definition) is 4. The van der Waals surface area contributed by atoms with Crippen LogP contribution in [0.3, 0.4) is 0 Å². The van der Waals surface area contributed by atoms with Crippen molar-refractivity contribution >= 4 is 34.5 Å². The lowest BCUT2D eigenvalue weighted by molar-refractivity contribution is -0.168. The van der Waals surface area contributed by atoms with Crippen LogP contribution in [0.5, 0.6) is 0 Å². The second-order valence-corrected chi connectivity index (χ2v) is 4.60. The quantitative estimate of drug-likeness (QED) is 0.339. The highest BCUT2D eigenvalue weighted by molar-refractivity contribution is 14.1. The van der Waals surface area contributed by atoms with Crippen molar-refractivity contribution in [2.75, 3.05) is 14.2 Å². The number of hydrogen-bond donors (Lipinski definition) is 0. The maximum atomic E-state index is 11.9. The number of allylic oxidation sites excluding steroid dienone is 2. The van der Waals surface area contributed by atoms with Crippen molar-refractivity contribution in [1.82, 2.24) is 0 Å². The van der Waals surface area contributed by atoms with Crippen LogP contribution in [0, 0.1) is 11.3 Å². The summed E-state index contributed by atoms with van der Waals surface area (Å²) in [6, 6.07) is 0. The van der Waals surface area contributed by atoms with E-state index < -0.39 is 17.4 Å². The van der Waals surface area contributed by atoms with E-state index in [0.29, 0.717) is 12.8 Å². The Hall–Kier alpha value is -0.850. The largest absolute Gasteiger partial charge is 0.468 e. The molecule has 1 unspecified atom stereocenters. The zero-order valence-electron chi connectivity index (χ0n) is 9.86. The van der Waals surface area contributed by atoms with Crippen LogP contribution in [-0.4, -0.2) is 26.2 Å². The smallest absolute Gasteiger partial charge is 0.323 e. The number of carbonyl (C=O) groups excluding carboxylic acids is 2. The molecule has 4 nitrogen and oxygen atoms in total. The fourth-order valence-corrected chi connectivity index (χ4v) is 2.88. The summed E-state index contributed by atoms with van der Waals surface area (Å²) in [5, 5.41) is 0. The molecular formula is C12H15IO4. The third kappa shape index (κ3) is 2.38. The lowest BCUT2D eigenvalue weighted by atomic mass is 9.85. The van der Waals surface area contributed by atoms with Crippen LogP contribution in [0.4, 0.5) is 0 Å². The highest BCUT2D eigenvalue weighted by Crippen LogP contribution is 2.47. The van der Waals surface area contributed by atoms with Crippen molar-refractivity contribution < 1.29 is 19.1 Å². The minimum Gasteiger partial charge on any atom is -0.468 e. The average molecular weight is 350 g/mol. The molecule has 0 radical (unpaired) electrons. The van der Waals surface area contributed by atoms with Gasteiger partial charge in [-0.05, 0) is 22.8 Å². The molecule has 0 spiro atoms. The average Bonchev–Trinajstić information content (AvgIpc) is 2.76. The Labute approximate surface area is 114 Å². The first kappa shape index (κ1) is 14.2. The molecule has 1 fully saturated rings. The molecule has 94 valence electrons. The third-order valence-corrected chi connectivity index (χ3v) is 3.93. The fraction of sp³-hybridized carbons (Fsp3) is 0.500. The summed E-state index contributed by atoms with van der Waals surface area (Å²) >= 11 is 2.10. The summed E-state index contributed by atoms with van der Waals surface area (Å²) in [7, 11) is 2.56. The molecule has 17 heavy (non-hydrogen) atoms. The molecule has 1 saturated carbocycles. The monoisotopic (exact) mass is 350 g/mol. The van der Waals surface area contributed by atoms with E-state index in [1.807, 2.05) is 4.08 Å². The predicted octanol–water partition coefficient (Wildman–Crippen LogP) is 2.23. The summed E-state index contributed by atoms with van der Waals surface area (Å²) in [6.07, 6.45) is 2.45. The number of ether oxygens (including phenoxy) is 2. The van der Waals surface area contributed by atoms with E-state index in [4.69, 9.17) is 9.47 Å². The third-order valence-electron chi connectivity index (χ3n) is 3.13. The van der Waals surface area contributed by atoms with Gasteiger partial charge in [-0.15, -0.1) is 6.58 Å². The summed E-state index contributed by atoms with van der Waals surface area (Å²) in [4.78, 5) is 23.7. The Kier molecular flexibility index (Phi) is 4.73. The Morgan fingerprint density at radius 2 is 1.94 bits per heavy atom.